The van der Waals surface area contributed by atoms with E-state index in [9.17, 15) is 4.79 Å². The van der Waals surface area contributed by atoms with Crippen LogP contribution in [0.1, 0.15) is 47.1 Å². The van der Waals surface area contributed by atoms with Crippen molar-refractivity contribution in [3.8, 4) is 0 Å². The summed E-state index contributed by atoms with van der Waals surface area (Å²) in [5.74, 6) is 1.16. The van der Waals surface area contributed by atoms with Gasteiger partial charge in [0.2, 0.25) is 5.13 Å². The molecule has 5 heterocycles. The maximum Gasteiger partial charge on any atom is 0.272 e. The van der Waals surface area contributed by atoms with Gasteiger partial charge in [0.15, 0.2) is 0 Å². The molecule has 10 nitrogen and oxygen atoms in total. The number of amides is 1. The Morgan fingerprint density at radius 2 is 1.78 bits per heavy atom. The maximum absolute atomic E-state index is 12.6. The number of nitrogens with one attached hydrogen (secondary N) is 2. The van der Waals surface area contributed by atoms with Crippen molar-refractivity contribution in [3.05, 3.63) is 53.4 Å². The molecule has 0 atom stereocenters. The highest BCUT2D eigenvalue weighted by atomic mass is 32.1. The second kappa shape index (κ2) is 10.1. The van der Waals surface area contributed by atoms with Crippen LogP contribution < -0.4 is 10.6 Å². The normalized spacial score (nSPS) is 16.4. The lowest BCUT2D eigenvalue weighted by molar-refractivity contribution is 0.0299. The summed E-state index contributed by atoms with van der Waals surface area (Å²) >= 11 is 1.61. The molecule has 2 fully saturated rings. The first-order valence-electron chi connectivity index (χ1n) is 12.2. The topological polar surface area (TPSA) is 118 Å². The Bertz CT molecular complexity index is 1360. The van der Waals surface area contributed by atoms with Gasteiger partial charge in [0, 0.05) is 19.0 Å². The number of rotatable bonds is 6. The lowest BCUT2D eigenvalue weighted by Gasteiger charge is -2.26. The van der Waals surface area contributed by atoms with Gasteiger partial charge in [-0.05, 0) is 43.2 Å². The average Bonchev–Trinajstić information content (AvgIpc) is 3.62. The van der Waals surface area contributed by atoms with Crippen molar-refractivity contribution in [3.63, 3.8) is 0 Å². The number of hydrogen-bond donors (Lipinski definition) is 2. The van der Waals surface area contributed by atoms with Crippen LogP contribution in [0.4, 0.5) is 22.3 Å². The molecule has 0 unspecified atom stereocenters. The minimum Gasteiger partial charge on any atom is -0.378 e. The first-order chi connectivity index (χ1) is 17.7. The lowest BCUT2D eigenvalue weighted by Crippen LogP contribution is -2.41. The molecule has 1 aliphatic carbocycles. The summed E-state index contributed by atoms with van der Waals surface area (Å²) in [6, 6.07) is 9.34. The molecular weight excluding hydrogens is 476 g/mol. The van der Waals surface area contributed by atoms with Crippen LogP contribution in [0.5, 0.6) is 0 Å². The predicted octanol–water partition coefficient (Wildman–Crippen LogP) is 4.49. The maximum atomic E-state index is 12.6. The van der Waals surface area contributed by atoms with E-state index in [-0.39, 0.29) is 5.91 Å². The predicted molar refractivity (Wildman–Crippen MR) is 138 cm³/mol. The monoisotopic (exact) mass is 502 g/mol. The second-order valence-corrected chi connectivity index (χ2v) is 9.98. The van der Waals surface area contributed by atoms with Gasteiger partial charge in [-0.15, -0.1) is 10.2 Å². The van der Waals surface area contributed by atoms with Gasteiger partial charge in [0.05, 0.1) is 48.0 Å². The van der Waals surface area contributed by atoms with Gasteiger partial charge in [0.1, 0.15) is 16.5 Å². The minimum absolute atomic E-state index is 0.0766. The summed E-state index contributed by atoms with van der Waals surface area (Å²) in [7, 11) is 0. The van der Waals surface area contributed by atoms with E-state index in [0.29, 0.717) is 43.7 Å². The van der Waals surface area contributed by atoms with Crippen molar-refractivity contribution in [2.75, 3.05) is 36.9 Å². The van der Waals surface area contributed by atoms with E-state index in [0.717, 1.165) is 32.5 Å². The van der Waals surface area contributed by atoms with Gasteiger partial charge >= 0.3 is 0 Å². The Morgan fingerprint density at radius 3 is 2.58 bits per heavy atom. The standard InChI is InChI=1S/C25H26N8O2S/c34-24(33-9-11-35-12-10-33)20-6-5-17(14-27-20)28-18-13-21-19(26-15-18)7-8-22(29-21)30-25-32-31-23(36-25)16-3-1-2-4-16/h5-8,13-16,28H,1-4,9-12H2,(H,29,30,32). The number of carbonyl (C=O) groups excluding carboxylic acids is 1. The molecule has 4 aromatic rings. The van der Waals surface area contributed by atoms with Crippen molar-refractivity contribution in [1.29, 1.82) is 0 Å². The Hall–Kier alpha value is -3.70. The van der Waals surface area contributed by atoms with Gasteiger partial charge in [0.25, 0.3) is 5.91 Å². The van der Waals surface area contributed by atoms with E-state index >= 15 is 0 Å². The molecule has 0 bridgehead atoms. The van der Waals surface area contributed by atoms with Crippen molar-refractivity contribution in [1.82, 2.24) is 30.0 Å². The van der Waals surface area contributed by atoms with Crippen molar-refractivity contribution < 1.29 is 9.53 Å². The van der Waals surface area contributed by atoms with Crippen LogP contribution in [0, 0.1) is 0 Å². The SMILES string of the molecule is O=C(c1ccc(Nc2cnc3ccc(Nc4nnc(C5CCCC5)s4)nc3c2)cn1)N1CCOCC1. The van der Waals surface area contributed by atoms with Crippen LogP contribution in [0.3, 0.4) is 0 Å². The van der Waals surface area contributed by atoms with Gasteiger partial charge < -0.3 is 20.3 Å². The van der Waals surface area contributed by atoms with E-state index in [1.165, 1.54) is 25.7 Å². The van der Waals surface area contributed by atoms with Crippen LogP contribution >= 0.6 is 11.3 Å². The lowest BCUT2D eigenvalue weighted by atomic mass is 10.1. The molecule has 4 aromatic heterocycles. The molecule has 0 aromatic carbocycles. The zero-order chi connectivity index (χ0) is 24.3. The van der Waals surface area contributed by atoms with E-state index in [2.05, 4.69) is 30.8 Å². The molecule has 2 N–H and O–H groups in total. The largest absolute Gasteiger partial charge is 0.378 e. The first-order valence-corrected chi connectivity index (χ1v) is 13.0. The number of nitrogens with zero attached hydrogens (tertiary/aromatic N) is 6. The molecule has 1 amide bonds. The van der Waals surface area contributed by atoms with Gasteiger partial charge in [-0.2, -0.15) is 0 Å². The number of ether oxygens (including phenoxy) is 1. The summed E-state index contributed by atoms with van der Waals surface area (Å²) in [6.45, 7) is 2.31. The summed E-state index contributed by atoms with van der Waals surface area (Å²) in [4.78, 5) is 28.0. The van der Waals surface area contributed by atoms with Gasteiger partial charge in [-0.3, -0.25) is 9.78 Å². The smallest absolute Gasteiger partial charge is 0.272 e. The number of fused-ring (bicyclic) bond motifs is 1. The van der Waals surface area contributed by atoms with Gasteiger partial charge in [-0.25, -0.2) is 9.97 Å². The Balaban J connectivity index is 1.14. The molecule has 1 saturated carbocycles. The Morgan fingerprint density at radius 1 is 0.944 bits per heavy atom. The van der Waals surface area contributed by atoms with E-state index in [1.807, 2.05) is 24.3 Å². The third-order valence-corrected chi connectivity index (χ3v) is 7.49. The summed E-state index contributed by atoms with van der Waals surface area (Å²) in [5, 5.41) is 17.1. The molecule has 0 radical (unpaired) electrons. The first kappa shape index (κ1) is 22.7. The van der Waals surface area contributed by atoms with Crippen LogP contribution in [0.2, 0.25) is 0 Å². The molecule has 1 aliphatic heterocycles. The average molecular weight is 503 g/mol. The zero-order valence-electron chi connectivity index (χ0n) is 19.7. The fraction of sp³-hybridized carbons (Fsp3) is 0.360. The minimum atomic E-state index is -0.0766. The third-order valence-electron chi connectivity index (χ3n) is 6.49. The van der Waals surface area contributed by atoms with Crippen molar-refractivity contribution >= 4 is 50.6 Å². The zero-order valence-corrected chi connectivity index (χ0v) is 20.5. The van der Waals surface area contributed by atoms with Crippen LogP contribution in [0.25, 0.3) is 11.0 Å². The summed E-state index contributed by atoms with van der Waals surface area (Å²) in [5.41, 5.74) is 3.50. The van der Waals surface area contributed by atoms with Crippen LogP contribution in [-0.4, -0.2) is 62.3 Å². The van der Waals surface area contributed by atoms with Crippen molar-refractivity contribution in [2.45, 2.75) is 31.6 Å². The molecule has 11 heteroatoms. The Labute approximate surface area is 212 Å². The molecule has 6 rings (SSSR count). The van der Waals surface area contributed by atoms with Gasteiger partial charge in [-0.1, -0.05) is 24.2 Å². The number of anilines is 4. The van der Waals surface area contributed by atoms with E-state index < -0.39 is 0 Å². The number of aromatic nitrogens is 5. The van der Waals surface area contributed by atoms with Crippen LogP contribution in [-0.2, 0) is 4.74 Å². The highest BCUT2D eigenvalue weighted by Crippen LogP contribution is 2.37. The fourth-order valence-corrected chi connectivity index (χ4v) is 5.49. The number of carbonyl (C=O) groups is 1. The quantitative estimate of drug-likeness (QED) is 0.393. The number of pyridine rings is 3. The van der Waals surface area contributed by atoms with E-state index in [4.69, 9.17) is 9.72 Å². The van der Waals surface area contributed by atoms with E-state index in [1.54, 1.807) is 34.7 Å². The number of hydrogen-bond acceptors (Lipinski definition) is 10. The van der Waals surface area contributed by atoms with Crippen LogP contribution in [0.15, 0.2) is 42.7 Å². The molecule has 36 heavy (non-hydrogen) atoms. The highest BCUT2D eigenvalue weighted by molar-refractivity contribution is 7.15. The summed E-state index contributed by atoms with van der Waals surface area (Å²) < 4.78 is 5.31. The summed E-state index contributed by atoms with van der Waals surface area (Å²) in [6.07, 6.45) is 8.35. The highest BCUT2D eigenvalue weighted by Gasteiger charge is 2.21. The van der Waals surface area contributed by atoms with Crippen molar-refractivity contribution in [2.24, 2.45) is 0 Å². The third kappa shape index (κ3) is 4.98. The number of morpholine rings is 1. The second-order valence-electron chi connectivity index (χ2n) is 8.97. The molecule has 0 spiro atoms. The molecule has 2 aliphatic rings. The molecule has 1 saturated heterocycles. The molecule has 184 valence electrons. The fourth-order valence-electron chi connectivity index (χ4n) is 4.57. The Kier molecular flexibility index (Phi) is 6.39. The molecular formula is C25H26N8O2S.